The minimum Gasteiger partial charge on any atom is -0.463 e. The molecule has 0 saturated carbocycles. The van der Waals surface area contributed by atoms with E-state index >= 15 is 0 Å². The van der Waals surface area contributed by atoms with Gasteiger partial charge in [-0.3, -0.25) is 24.0 Å². The first-order valence-electron chi connectivity index (χ1n) is 11.9. The van der Waals surface area contributed by atoms with Crippen LogP contribution in [0, 0.1) is 0 Å². The van der Waals surface area contributed by atoms with Gasteiger partial charge in [0.25, 0.3) is 0 Å². The van der Waals surface area contributed by atoms with E-state index in [1.54, 1.807) is 6.92 Å². The van der Waals surface area contributed by atoms with Crippen LogP contribution in [0.3, 0.4) is 0 Å². The van der Waals surface area contributed by atoms with Crippen LogP contribution in [0.25, 0.3) is 0 Å². The molecule has 216 valence electrons. The third kappa shape index (κ3) is 8.33. The zero-order valence-corrected chi connectivity index (χ0v) is 21.9. The van der Waals surface area contributed by atoms with Gasteiger partial charge in [0.15, 0.2) is 37.0 Å². The first-order valence-corrected chi connectivity index (χ1v) is 11.9. The summed E-state index contributed by atoms with van der Waals surface area (Å²) in [7, 11) is 0. The summed E-state index contributed by atoms with van der Waals surface area (Å²) in [6.07, 6.45) is -14.3. The Balaban J connectivity index is 2.51. The van der Waals surface area contributed by atoms with E-state index in [4.69, 9.17) is 37.9 Å². The summed E-state index contributed by atoms with van der Waals surface area (Å²) >= 11 is 0. The molecule has 2 fully saturated rings. The molecule has 0 aromatic heterocycles. The molecule has 38 heavy (non-hydrogen) atoms. The normalized spacial score (nSPS) is 34.9. The van der Waals surface area contributed by atoms with Crippen molar-refractivity contribution < 1.29 is 72.1 Å². The van der Waals surface area contributed by atoms with Gasteiger partial charge in [-0.25, -0.2) is 0 Å². The number of ether oxygens (including phenoxy) is 8. The number of hydrogen-bond acceptors (Lipinski definition) is 15. The lowest BCUT2D eigenvalue weighted by Gasteiger charge is -2.47. The van der Waals surface area contributed by atoms with E-state index in [-0.39, 0.29) is 6.42 Å². The molecule has 2 saturated heterocycles. The first kappa shape index (κ1) is 31.4. The van der Waals surface area contributed by atoms with Gasteiger partial charge in [0.2, 0.25) is 0 Å². The molecule has 2 N–H and O–H groups in total. The number of carbonyl (C=O) groups excluding carboxylic acids is 5. The highest BCUT2D eigenvalue weighted by atomic mass is 16.8. The summed E-state index contributed by atoms with van der Waals surface area (Å²) in [5.41, 5.74) is 0. The number of aliphatic hydroxyl groups excluding tert-OH is 2. The molecule has 0 aromatic rings. The Morgan fingerprint density at radius 3 is 1.63 bits per heavy atom. The van der Waals surface area contributed by atoms with Crippen molar-refractivity contribution in [3.63, 3.8) is 0 Å². The van der Waals surface area contributed by atoms with Gasteiger partial charge in [-0.1, -0.05) is 6.92 Å². The van der Waals surface area contributed by atoms with Crippen molar-refractivity contribution in [2.75, 3.05) is 6.61 Å². The highest BCUT2D eigenvalue weighted by molar-refractivity contribution is 5.68. The molecule has 0 aliphatic carbocycles. The molecule has 0 spiro atoms. The van der Waals surface area contributed by atoms with Gasteiger partial charge in [-0.05, 0) is 6.42 Å². The van der Waals surface area contributed by atoms with Gasteiger partial charge in [-0.15, -0.1) is 0 Å². The summed E-state index contributed by atoms with van der Waals surface area (Å²) in [6, 6.07) is 0. The first-order chi connectivity index (χ1) is 17.7. The maximum atomic E-state index is 11.9. The summed E-state index contributed by atoms with van der Waals surface area (Å²) in [5.74, 6) is -3.97. The standard InChI is InChI=1S/C23H34O15/c1-7-14-17(19(33-11(4)26)20(22(30)36-14)34-12(5)27)38-23-21(35-13(6)28)18(32-10(3)25)16(29)15(37-23)8-31-9(2)24/h14-23,29-30H,7-8H2,1-6H3/t14?,15?,16-,17-,18+,19+,20?,21?,22+,23-/m1/s1. The molecular weight excluding hydrogens is 516 g/mol. The second-order valence-corrected chi connectivity index (χ2v) is 8.71. The lowest BCUT2D eigenvalue weighted by molar-refractivity contribution is -0.355. The minimum absolute atomic E-state index is 0.199. The van der Waals surface area contributed by atoms with Gasteiger partial charge >= 0.3 is 29.8 Å². The molecule has 2 aliphatic rings. The van der Waals surface area contributed by atoms with E-state index in [9.17, 15) is 34.2 Å². The Morgan fingerprint density at radius 2 is 1.13 bits per heavy atom. The van der Waals surface area contributed by atoms with Crippen molar-refractivity contribution in [2.24, 2.45) is 0 Å². The number of carbonyl (C=O) groups is 5. The maximum absolute atomic E-state index is 11.9. The average molecular weight is 551 g/mol. The number of aliphatic hydroxyl groups is 2. The van der Waals surface area contributed by atoms with Crippen LogP contribution in [0.2, 0.25) is 0 Å². The van der Waals surface area contributed by atoms with Crippen LogP contribution in [-0.4, -0.2) is 108 Å². The molecule has 2 rings (SSSR count). The van der Waals surface area contributed by atoms with E-state index < -0.39 is 97.9 Å². The van der Waals surface area contributed by atoms with E-state index in [1.807, 2.05) is 0 Å². The Bertz CT molecular complexity index is 875. The molecule has 10 atom stereocenters. The predicted octanol–water partition coefficient (Wildman–Crippen LogP) is -1.13. The Hall–Kier alpha value is -2.85. The van der Waals surface area contributed by atoms with E-state index in [2.05, 4.69) is 0 Å². The minimum atomic E-state index is -1.68. The molecule has 15 heteroatoms. The Kier molecular flexibility index (Phi) is 11.4. The van der Waals surface area contributed by atoms with Crippen LogP contribution < -0.4 is 0 Å². The van der Waals surface area contributed by atoms with E-state index in [0.29, 0.717) is 0 Å². The zero-order valence-electron chi connectivity index (χ0n) is 21.9. The van der Waals surface area contributed by atoms with Crippen molar-refractivity contribution in [1.82, 2.24) is 0 Å². The van der Waals surface area contributed by atoms with Crippen LogP contribution in [0.1, 0.15) is 48.0 Å². The van der Waals surface area contributed by atoms with Crippen LogP contribution >= 0.6 is 0 Å². The monoisotopic (exact) mass is 550 g/mol. The average Bonchev–Trinajstić information content (AvgIpc) is 2.79. The SMILES string of the molecule is CCC1O[C@H](O)C(OC(C)=O)[C@@H](OC(C)=O)[C@@H]1O[C@H]1OC(COC(C)=O)[C@@H](O)[C@H](OC(C)=O)C1OC(C)=O. The Labute approximate surface area is 218 Å². The molecule has 2 heterocycles. The quantitative estimate of drug-likeness (QED) is 0.258. The fraction of sp³-hybridized carbons (Fsp3) is 0.783. The maximum Gasteiger partial charge on any atom is 0.303 e. The van der Waals surface area contributed by atoms with Crippen molar-refractivity contribution in [1.29, 1.82) is 0 Å². The van der Waals surface area contributed by atoms with Gasteiger partial charge in [0.1, 0.15) is 24.9 Å². The highest BCUT2D eigenvalue weighted by Gasteiger charge is 2.55. The van der Waals surface area contributed by atoms with Crippen LogP contribution in [0.5, 0.6) is 0 Å². The summed E-state index contributed by atoms with van der Waals surface area (Å²) < 4.78 is 43.3. The lowest BCUT2D eigenvalue weighted by atomic mass is 9.95. The summed E-state index contributed by atoms with van der Waals surface area (Å²) in [6.45, 7) is 6.60. The summed E-state index contributed by atoms with van der Waals surface area (Å²) in [4.78, 5) is 58.7. The summed E-state index contributed by atoms with van der Waals surface area (Å²) in [5, 5.41) is 21.3. The van der Waals surface area contributed by atoms with Gasteiger partial charge in [0, 0.05) is 34.6 Å². The largest absolute Gasteiger partial charge is 0.463 e. The third-order valence-electron chi connectivity index (χ3n) is 5.58. The molecule has 0 aromatic carbocycles. The van der Waals surface area contributed by atoms with Crippen molar-refractivity contribution >= 4 is 29.8 Å². The second kappa shape index (κ2) is 13.8. The predicted molar refractivity (Wildman–Crippen MR) is 120 cm³/mol. The molecule has 4 unspecified atom stereocenters. The third-order valence-corrected chi connectivity index (χ3v) is 5.58. The van der Waals surface area contributed by atoms with E-state index in [1.165, 1.54) is 0 Å². The fourth-order valence-electron chi connectivity index (χ4n) is 4.17. The van der Waals surface area contributed by atoms with Crippen molar-refractivity contribution in [2.45, 2.75) is 109 Å². The number of rotatable bonds is 9. The molecule has 15 nitrogen and oxygen atoms in total. The number of esters is 5. The topological polar surface area (TPSA) is 200 Å². The lowest BCUT2D eigenvalue weighted by Crippen LogP contribution is -2.66. The smallest absolute Gasteiger partial charge is 0.303 e. The van der Waals surface area contributed by atoms with Crippen LogP contribution in [0.15, 0.2) is 0 Å². The van der Waals surface area contributed by atoms with Gasteiger partial charge < -0.3 is 48.1 Å². The van der Waals surface area contributed by atoms with E-state index in [0.717, 1.165) is 34.6 Å². The molecule has 0 bridgehead atoms. The van der Waals surface area contributed by atoms with Crippen LogP contribution in [-0.2, 0) is 61.9 Å². The molecule has 0 radical (unpaired) electrons. The van der Waals surface area contributed by atoms with Gasteiger partial charge in [-0.2, -0.15) is 0 Å². The molecular formula is C23H34O15. The number of hydrogen-bond donors (Lipinski definition) is 2. The second-order valence-electron chi connectivity index (χ2n) is 8.71. The zero-order chi connectivity index (χ0) is 28.7. The Morgan fingerprint density at radius 1 is 0.632 bits per heavy atom. The molecule has 2 aliphatic heterocycles. The van der Waals surface area contributed by atoms with Crippen molar-refractivity contribution in [3.05, 3.63) is 0 Å². The van der Waals surface area contributed by atoms with Crippen LogP contribution in [0.4, 0.5) is 0 Å². The van der Waals surface area contributed by atoms with Crippen molar-refractivity contribution in [3.8, 4) is 0 Å². The van der Waals surface area contributed by atoms with Gasteiger partial charge in [0.05, 0.1) is 6.10 Å². The highest BCUT2D eigenvalue weighted by Crippen LogP contribution is 2.34. The fourth-order valence-corrected chi connectivity index (χ4v) is 4.17. The molecule has 0 amide bonds.